The fourth-order valence-electron chi connectivity index (χ4n) is 1.57. The number of unbranched alkanes of at least 4 members (excludes halogenated alkanes) is 1. The van der Waals surface area contributed by atoms with E-state index in [1.807, 2.05) is 0 Å². The first-order valence-electron chi connectivity index (χ1n) is 5.27. The lowest BCUT2D eigenvalue weighted by molar-refractivity contribution is -0.0179. The van der Waals surface area contributed by atoms with Gasteiger partial charge in [0, 0.05) is 26.1 Å². The van der Waals surface area contributed by atoms with Gasteiger partial charge in [-0.05, 0) is 20.0 Å². The quantitative estimate of drug-likeness (QED) is 0.506. The van der Waals surface area contributed by atoms with Gasteiger partial charge in [-0.15, -0.1) is 12.3 Å². The predicted octanol–water partition coefficient (Wildman–Crippen LogP) is 0.320. The Balaban J connectivity index is 1.98. The molecule has 0 bridgehead atoms. The van der Waals surface area contributed by atoms with E-state index in [0.29, 0.717) is 6.10 Å². The second kappa shape index (κ2) is 6.83. The third-order valence-electron chi connectivity index (χ3n) is 2.39. The van der Waals surface area contributed by atoms with Gasteiger partial charge >= 0.3 is 0 Å². The summed E-state index contributed by atoms with van der Waals surface area (Å²) in [4.78, 5) is 2.30. The predicted molar refractivity (Wildman–Crippen MR) is 58.2 cm³/mol. The Morgan fingerprint density at radius 3 is 3.21 bits per heavy atom. The highest BCUT2D eigenvalue weighted by Gasteiger charge is 2.16. The summed E-state index contributed by atoms with van der Waals surface area (Å²) in [6.07, 6.45) is 7.42. The molecule has 0 spiro atoms. The molecule has 0 aliphatic carbocycles. The number of rotatable bonds is 5. The number of morpholine rings is 1. The Morgan fingerprint density at radius 2 is 2.50 bits per heavy atom. The summed E-state index contributed by atoms with van der Waals surface area (Å²) in [6.45, 7) is 4.87. The Morgan fingerprint density at radius 1 is 1.64 bits per heavy atom. The van der Waals surface area contributed by atoms with Gasteiger partial charge in [-0.2, -0.15) is 0 Å². The summed E-state index contributed by atoms with van der Waals surface area (Å²) in [7, 11) is 2.13. The van der Waals surface area contributed by atoms with Crippen molar-refractivity contribution in [1.29, 1.82) is 0 Å². The molecule has 0 aromatic rings. The molecule has 80 valence electrons. The lowest BCUT2D eigenvalue weighted by atomic mass is 10.2. The molecule has 14 heavy (non-hydrogen) atoms. The van der Waals surface area contributed by atoms with Gasteiger partial charge in [0.1, 0.15) is 0 Å². The number of nitrogens with zero attached hydrogens (tertiary/aromatic N) is 1. The van der Waals surface area contributed by atoms with Crippen molar-refractivity contribution in [3.8, 4) is 12.3 Å². The largest absolute Gasteiger partial charge is 0.374 e. The highest BCUT2D eigenvalue weighted by atomic mass is 16.5. The molecule has 0 aromatic carbocycles. The minimum absolute atomic E-state index is 0.347. The first-order chi connectivity index (χ1) is 6.83. The molecule has 1 aliphatic heterocycles. The second-order valence-electron chi connectivity index (χ2n) is 3.77. The standard InChI is InChI=1S/C11H20N2O/c1-3-4-5-6-12-9-11-10-13(2)7-8-14-11/h1,11-12H,4-10H2,2H3. The zero-order chi connectivity index (χ0) is 10.2. The van der Waals surface area contributed by atoms with Crippen molar-refractivity contribution in [3.63, 3.8) is 0 Å². The topological polar surface area (TPSA) is 24.5 Å². The monoisotopic (exact) mass is 196 g/mol. The molecule has 0 amide bonds. The minimum Gasteiger partial charge on any atom is -0.374 e. The second-order valence-corrected chi connectivity index (χ2v) is 3.77. The van der Waals surface area contributed by atoms with Crippen LogP contribution in [-0.2, 0) is 4.74 Å². The number of likely N-dealkylation sites (N-methyl/N-ethyl adjacent to an activating group) is 1. The van der Waals surface area contributed by atoms with Crippen LogP contribution in [0.5, 0.6) is 0 Å². The van der Waals surface area contributed by atoms with Crippen LogP contribution in [0.25, 0.3) is 0 Å². The third-order valence-corrected chi connectivity index (χ3v) is 2.39. The Bertz CT molecular complexity index is 188. The van der Waals surface area contributed by atoms with Gasteiger partial charge in [-0.3, -0.25) is 0 Å². The van der Waals surface area contributed by atoms with Crippen LogP contribution in [0, 0.1) is 12.3 Å². The average molecular weight is 196 g/mol. The number of hydrogen-bond donors (Lipinski definition) is 1. The van der Waals surface area contributed by atoms with Gasteiger partial charge in [-0.25, -0.2) is 0 Å². The fraction of sp³-hybridized carbons (Fsp3) is 0.818. The summed E-state index contributed by atoms with van der Waals surface area (Å²) in [6, 6.07) is 0. The van der Waals surface area contributed by atoms with E-state index in [1.54, 1.807) is 0 Å². The molecule has 1 rings (SSSR count). The highest BCUT2D eigenvalue weighted by molar-refractivity contribution is 4.83. The summed E-state index contributed by atoms with van der Waals surface area (Å²) in [5.41, 5.74) is 0. The lowest BCUT2D eigenvalue weighted by Gasteiger charge is -2.30. The SMILES string of the molecule is C#CCCCNCC1CN(C)CCO1. The molecular formula is C11H20N2O. The lowest BCUT2D eigenvalue weighted by Crippen LogP contribution is -2.44. The molecule has 1 fully saturated rings. The van der Waals surface area contributed by atoms with E-state index in [9.17, 15) is 0 Å². The molecule has 3 heteroatoms. The Labute approximate surface area is 86.8 Å². The van der Waals surface area contributed by atoms with Crippen LogP contribution in [-0.4, -0.2) is 50.8 Å². The van der Waals surface area contributed by atoms with E-state index in [2.05, 4.69) is 23.2 Å². The van der Waals surface area contributed by atoms with Gasteiger partial charge in [0.2, 0.25) is 0 Å². The van der Waals surface area contributed by atoms with Gasteiger partial charge < -0.3 is 15.0 Å². The van der Waals surface area contributed by atoms with Crippen molar-refractivity contribution in [3.05, 3.63) is 0 Å². The van der Waals surface area contributed by atoms with Crippen molar-refractivity contribution in [1.82, 2.24) is 10.2 Å². The number of terminal acetylenes is 1. The molecule has 1 heterocycles. The van der Waals surface area contributed by atoms with E-state index in [4.69, 9.17) is 11.2 Å². The van der Waals surface area contributed by atoms with E-state index in [0.717, 1.165) is 45.6 Å². The molecule has 1 saturated heterocycles. The highest BCUT2D eigenvalue weighted by Crippen LogP contribution is 2.01. The summed E-state index contributed by atoms with van der Waals surface area (Å²) >= 11 is 0. The molecule has 3 nitrogen and oxygen atoms in total. The van der Waals surface area contributed by atoms with Crippen LogP contribution in [0.4, 0.5) is 0 Å². The van der Waals surface area contributed by atoms with Gasteiger partial charge in [0.05, 0.1) is 12.7 Å². The molecule has 1 atom stereocenters. The molecule has 1 unspecified atom stereocenters. The minimum atomic E-state index is 0.347. The van der Waals surface area contributed by atoms with E-state index < -0.39 is 0 Å². The Hall–Kier alpha value is -0.560. The van der Waals surface area contributed by atoms with Crippen molar-refractivity contribution in [2.75, 3.05) is 39.8 Å². The van der Waals surface area contributed by atoms with E-state index >= 15 is 0 Å². The molecular weight excluding hydrogens is 176 g/mol. The number of nitrogens with one attached hydrogen (secondary N) is 1. The van der Waals surface area contributed by atoms with Crippen LogP contribution >= 0.6 is 0 Å². The van der Waals surface area contributed by atoms with Gasteiger partial charge in [0.25, 0.3) is 0 Å². The molecule has 1 aliphatic rings. The van der Waals surface area contributed by atoms with Crippen LogP contribution in [0.15, 0.2) is 0 Å². The molecule has 0 radical (unpaired) electrons. The van der Waals surface area contributed by atoms with Crippen molar-refractivity contribution in [2.24, 2.45) is 0 Å². The Kier molecular flexibility index (Phi) is 5.62. The molecule has 0 aromatic heterocycles. The van der Waals surface area contributed by atoms with Crippen LogP contribution in [0.3, 0.4) is 0 Å². The van der Waals surface area contributed by atoms with Crippen LogP contribution in [0.1, 0.15) is 12.8 Å². The van der Waals surface area contributed by atoms with Crippen LogP contribution < -0.4 is 5.32 Å². The maximum Gasteiger partial charge on any atom is 0.0826 e. The summed E-state index contributed by atoms with van der Waals surface area (Å²) in [5, 5.41) is 3.36. The maximum atomic E-state index is 5.61. The van der Waals surface area contributed by atoms with E-state index in [1.165, 1.54) is 0 Å². The zero-order valence-electron chi connectivity index (χ0n) is 8.96. The van der Waals surface area contributed by atoms with Crippen molar-refractivity contribution >= 4 is 0 Å². The number of ether oxygens (including phenoxy) is 1. The smallest absolute Gasteiger partial charge is 0.0826 e. The zero-order valence-corrected chi connectivity index (χ0v) is 8.96. The number of hydrogen-bond acceptors (Lipinski definition) is 3. The van der Waals surface area contributed by atoms with Crippen molar-refractivity contribution in [2.45, 2.75) is 18.9 Å². The summed E-state index contributed by atoms with van der Waals surface area (Å²) in [5.74, 6) is 2.63. The van der Waals surface area contributed by atoms with Crippen molar-refractivity contribution < 1.29 is 4.74 Å². The third kappa shape index (κ3) is 4.61. The first kappa shape index (κ1) is 11.5. The molecule has 0 saturated carbocycles. The normalized spacial score (nSPS) is 23.3. The van der Waals surface area contributed by atoms with E-state index in [-0.39, 0.29) is 0 Å². The molecule has 1 N–H and O–H groups in total. The summed E-state index contributed by atoms with van der Waals surface area (Å²) < 4.78 is 5.61. The van der Waals surface area contributed by atoms with Gasteiger partial charge in [-0.1, -0.05) is 0 Å². The fourth-order valence-corrected chi connectivity index (χ4v) is 1.57. The average Bonchev–Trinajstić information content (AvgIpc) is 2.18. The first-order valence-corrected chi connectivity index (χ1v) is 5.27. The van der Waals surface area contributed by atoms with Gasteiger partial charge in [0.15, 0.2) is 0 Å². The van der Waals surface area contributed by atoms with Crippen LogP contribution in [0.2, 0.25) is 0 Å². The maximum absolute atomic E-state index is 5.61.